The smallest absolute Gasteiger partial charge is 0.0930 e. The van der Waals surface area contributed by atoms with Crippen LogP contribution in [0, 0.1) is 20.8 Å². The molecule has 2 unspecified atom stereocenters. The van der Waals surface area contributed by atoms with Crippen molar-refractivity contribution in [2.45, 2.75) is 51.3 Å². The fraction of sp³-hybridized carbons (Fsp3) is 0.647. The van der Waals surface area contributed by atoms with Gasteiger partial charge in [-0.15, -0.1) is 0 Å². The van der Waals surface area contributed by atoms with Crippen molar-refractivity contribution in [2.75, 3.05) is 20.3 Å². The standard InChI is InChI=1S/C17H25NO2/c1-11-5-13(3)16(6-12(11)2)17(19)7-14-9-20-10-15(8-17)18(14)4/h5-6,14-15,19H,7-10H2,1-4H3. The summed E-state index contributed by atoms with van der Waals surface area (Å²) in [5.41, 5.74) is 4.18. The summed E-state index contributed by atoms with van der Waals surface area (Å²) in [6.07, 6.45) is 1.53. The lowest BCUT2D eigenvalue weighted by Crippen LogP contribution is -2.59. The average molecular weight is 275 g/mol. The summed E-state index contributed by atoms with van der Waals surface area (Å²) in [7, 11) is 2.16. The Kier molecular flexibility index (Phi) is 3.39. The Hall–Kier alpha value is -0.900. The van der Waals surface area contributed by atoms with E-state index in [1.807, 2.05) is 0 Å². The van der Waals surface area contributed by atoms with E-state index >= 15 is 0 Å². The highest BCUT2D eigenvalue weighted by molar-refractivity contribution is 5.40. The Balaban J connectivity index is 1.99. The normalized spacial score (nSPS) is 34.2. The fourth-order valence-corrected chi connectivity index (χ4v) is 3.82. The number of fused-ring (bicyclic) bond motifs is 2. The number of ether oxygens (including phenoxy) is 1. The summed E-state index contributed by atoms with van der Waals surface area (Å²) in [5.74, 6) is 0. The summed E-state index contributed by atoms with van der Waals surface area (Å²) in [4.78, 5) is 2.38. The van der Waals surface area contributed by atoms with Crippen molar-refractivity contribution in [1.29, 1.82) is 0 Å². The molecule has 110 valence electrons. The number of rotatable bonds is 1. The van der Waals surface area contributed by atoms with Gasteiger partial charge in [-0.3, -0.25) is 4.90 Å². The van der Waals surface area contributed by atoms with Gasteiger partial charge in [-0.2, -0.15) is 0 Å². The molecule has 0 amide bonds. The summed E-state index contributed by atoms with van der Waals surface area (Å²) < 4.78 is 5.66. The van der Waals surface area contributed by atoms with Crippen LogP contribution >= 0.6 is 0 Å². The zero-order valence-electron chi connectivity index (χ0n) is 12.9. The van der Waals surface area contributed by atoms with E-state index in [0.29, 0.717) is 12.1 Å². The molecule has 2 aliphatic rings. The van der Waals surface area contributed by atoms with Crippen LogP contribution in [0.15, 0.2) is 12.1 Å². The van der Waals surface area contributed by atoms with E-state index in [4.69, 9.17) is 4.74 Å². The molecule has 2 aliphatic heterocycles. The van der Waals surface area contributed by atoms with E-state index in [-0.39, 0.29) is 0 Å². The van der Waals surface area contributed by atoms with Crippen LogP contribution in [0.3, 0.4) is 0 Å². The first-order chi connectivity index (χ1) is 9.40. The predicted octanol–water partition coefficient (Wildman–Crippen LogP) is 2.29. The Morgan fingerprint density at radius 2 is 1.60 bits per heavy atom. The van der Waals surface area contributed by atoms with E-state index < -0.39 is 5.60 Å². The SMILES string of the molecule is Cc1cc(C)c(C2(O)CC3COCC(C2)N3C)cc1C. The highest BCUT2D eigenvalue weighted by Crippen LogP contribution is 2.41. The lowest BCUT2D eigenvalue weighted by atomic mass is 9.75. The zero-order valence-corrected chi connectivity index (χ0v) is 12.9. The molecule has 1 aromatic carbocycles. The number of hydrogen-bond acceptors (Lipinski definition) is 3. The minimum atomic E-state index is -0.700. The number of likely N-dealkylation sites (N-methyl/N-ethyl adjacent to an activating group) is 1. The number of nitrogens with zero attached hydrogens (tertiary/aromatic N) is 1. The van der Waals surface area contributed by atoms with Gasteiger partial charge in [0.15, 0.2) is 0 Å². The highest BCUT2D eigenvalue weighted by Gasteiger charge is 2.46. The Bertz CT molecular complexity index is 512. The van der Waals surface area contributed by atoms with Gasteiger partial charge in [0.25, 0.3) is 0 Å². The van der Waals surface area contributed by atoms with E-state index in [2.05, 4.69) is 44.9 Å². The summed E-state index contributed by atoms with van der Waals surface area (Å²) in [5, 5.41) is 11.3. The fourth-order valence-electron chi connectivity index (χ4n) is 3.82. The molecule has 0 saturated carbocycles. The third-order valence-electron chi connectivity index (χ3n) is 5.26. The molecule has 3 nitrogen and oxygen atoms in total. The summed E-state index contributed by atoms with van der Waals surface area (Å²) >= 11 is 0. The van der Waals surface area contributed by atoms with Gasteiger partial charge in [0, 0.05) is 12.1 Å². The van der Waals surface area contributed by atoms with Gasteiger partial charge >= 0.3 is 0 Å². The third-order valence-corrected chi connectivity index (χ3v) is 5.26. The van der Waals surface area contributed by atoms with Crippen molar-refractivity contribution in [3.05, 3.63) is 34.4 Å². The van der Waals surface area contributed by atoms with Gasteiger partial charge in [-0.1, -0.05) is 12.1 Å². The molecule has 2 saturated heterocycles. The van der Waals surface area contributed by atoms with Crippen molar-refractivity contribution in [1.82, 2.24) is 4.90 Å². The van der Waals surface area contributed by atoms with Crippen molar-refractivity contribution < 1.29 is 9.84 Å². The van der Waals surface area contributed by atoms with Gasteiger partial charge in [-0.05, 0) is 62.9 Å². The molecule has 2 bridgehead atoms. The van der Waals surface area contributed by atoms with Crippen LogP contribution in [0.2, 0.25) is 0 Å². The van der Waals surface area contributed by atoms with E-state index in [1.165, 1.54) is 16.7 Å². The molecule has 0 radical (unpaired) electrons. The topological polar surface area (TPSA) is 32.7 Å². The molecule has 0 spiro atoms. The van der Waals surface area contributed by atoms with Crippen LogP contribution in [0.5, 0.6) is 0 Å². The number of aliphatic hydroxyl groups is 1. The van der Waals surface area contributed by atoms with Crippen LogP contribution in [0.4, 0.5) is 0 Å². The van der Waals surface area contributed by atoms with Crippen molar-refractivity contribution in [3.63, 3.8) is 0 Å². The molecule has 3 rings (SSSR count). The van der Waals surface area contributed by atoms with Gasteiger partial charge in [0.05, 0.1) is 18.8 Å². The van der Waals surface area contributed by atoms with Crippen LogP contribution < -0.4 is 0 Å². The Morgan fingerprint density at radius 1 is 1.05 bits per heavy atom. The van der Waals surface area contributed by atoms with Crippen molar-refractivity contribution >= 4 is 0 Å². The molecule has 0 aliphatic carbocycles. The maximum Gasteiger partial charge on any atom is 0.0930 e. The minimum absolute atomic E-state index is 0.327. The van der Waals surface area contributed by atoms with E-state index in [9.17, 15) is 5.11 Å². The molecule has 20 heavy (non-hydrogen) atoms. The van der Waals surface area contributed by atoms with Gasteiger partial charge in [0.2, 0.25) is 0 Å². The first-order valence-corrected chi connectivity index (χ1v) is 7.51. The van der Waals surface area contributed by atoms with Crippen molar-refractivity contribution in [2.24, 2.45) is 0 Å². The quantitative estimate of drug-likeness (QED) is 0.853. The van der Waals surface area contributed by atoms with Gasteiger partial charge in [0.1, 0.15) is 0 Å². The summed E-state index contributed by atoms with van der Waals surface area (Å²) in [6, 6.07) is 5.04. The number of benzene rings is 1. The second-order valence-corrected chi connectivity index (χ2v) is 6.70. The van der Waals surface area contributed by atoms with E-state index in [1.54, 1.807) is 0 Å². The summed E-state index contributed by atoms with van der Waals surface area (Å²) in [6.45, 7) is 7.84. The number of aryl methyl sites for hydroxylation is 3. The predicted molar refractivity (Wildman–Crippen MR) is 79.9 cm³/mol. The second-order valence-electron chi connectivity index (χ2n) is 6.70. The first-order valence-electron chi connectivity index (χ1n) is 7.51. The maximum absolute atomic E-state index is 11.3. The number of morpholine rings is 1. The van der Waals surface area contributed by atoms with Crippen LogP contribution in [0.25, 0.3) is 0 Å². The second kappa shape index (κ2) is 4.83. The maximum atomic E-state index is 11.3. The molecule has 3 heteroatoms. The molecule has 0 aromatic heterocycles. The molecular weight excluding hydrogens is 250 g/mol. The number of hydrogen-bond donors (Lipinski definition) is 1. The largest absolute Gasteiger partial charge is 0.385 e. The van der Waals surface area contributed by atoms with Crippen LogP contribution in [0.1, 0.15) is 35.1 Å². The Morgan fingerprint density at radius 3 is 2.20 bits per heavy atom. The highest BCUT2D eigenvalue weighted by atomic mass is 16.5. The molecule has 2 atom stereocenters. The zero-order chi connectivity index (χ0) is 14.5. The van der Waals surface area contributed by atoms with Crippen LogP contribution in [-0.4, -0.2) is 42.4 Å². The monoisotopic (exact) mass is 275 g/mol. The molecular formula is C17H25NO2. The number of piperidine rings is 1. The molecule has 2 heterocycles. The molecule has 1 N–H and O–H groups in total. The first kappa shape index (κ1) is 14.1. The molecule has 2 fully saturated rings. The lowest BCUT2D eigenvalue weighted by molar-refractivity contribution is -0.138. The van der Waals surface area contributed by atoms with E-state index in [0.717, 1.165) is 31.6 Å². The molecule has 1 aromatic rings. The third kappa shape index (κ3) is 2.18. The van der Waals surface area contributed by atoms with Gasteiger partial charge in [-0.25, -0.2) is 0 Å². The van der Waals surface area contributed by atoms with Crippen molar-refractivity contribution in [3.8, 4) is 0 Å². The lowest BCUT2D eigenvalue weighted by Gasteiger charge is -2.50. The minimum Gasteiger partial charge on any atom is -0.385 e. The average Bonchev–Trinajstić information content (AvgIpc) is 2.36. The van der Waals surface area contributed by atoms with Crippen LogP contribution in [-0.2, 0) is 10.3 Å². The Labute approximate surface area is 121 Å². The van der Waals surface area contributed by atoms with Gasteiger partial charge < -0.3 is 9.84 Å².